The topological polar surface area (TPSA) is 46.4 Å². The number of amides is 1. The monoisotopic (exact) mass is 398 g/mol. The van der Waals surface area contributed by atoms with E-state index in [1.807, 2.05) is 55.6 Å². The van der Waals surface area contributed by atoms with Crippen LogP contribution in [0.15, 0.2) is 66.1 Å². The van der Waals surface area contributed by atoms with Crippen molar-refractivity contribution in [2.24, 2.45) is 0 Å². The molecular weight excluding hydrogens is 374 g/mol. The molecule has 1 aromatic heterocycles. The molecule has 2 N–H and O–H groups in total. The third kappa shape index (κ3) is 4.97. The van der Waals surface area contributed by atoms with Gasteiger partial charge in [0.2, 0.25) is 0 Å². The second kappa shape index (κ2) is 9.17. The molecule has 4 nitrogen and oxygen atoms in total. The number of quaternary nitrogens is 1. The summed E-state index contributed by atoms with van der Waals surface area (Å²) in [5, 5.41) is 4.11. The molecule has 0 spiro atoms. The summed E-state index contributed by atoms with van der Waals surface area (Å²) >= 11 is 3.37. The normalized spacial score (nSPS) is 13.3. The number of aromatic nitrogens is 1. The minimum absolute atomic E-state index is 0.00659. The Labute approximate surface area is 168 Å². The fourth-order valence-corrected chi connectivity index (χ4v) is 4.59. The van der Waals surface area contributed by atoms with Gasteiger partial charge in [0.25, 0.3) is 5.91 Å². The van der Waals surface area contributed by atoms with Crippen molar-refractivity contribution in [2.45, 2.75) is 17.9 Å². The zero-order valence-electron chi connectivity index (χ0n) is 15.6. The van der Waals surface area contributed by atoms with Gasteiger partial charge in [0.1, 0.15) is 6.04 Å². The van der Waals surface area contributed by atoms with Gasteiger partial charge in [-0.05, 0) is 31.2 Å². The molecule has 0 aliphatic heterocycles. The first-order valence-corrected chi connectivity index (χ1v) is 10.7. The number of thiazole rings is 1. The maximum atomic E-state index is 12.6. The van der Waals surface area contributed by atoms with Gasteiger partial charge in [-0.1, -0.05) is 30.3 Å². The third-order valence-electron chi connectivity index (χ3n) is 4.38. The molecule has 0 radical (unpaired) electrons. The number of carbonyl (C=O) groups excluding carboxylic acids is 1. The predicted molar refractivity (Wildman–Crippen MR) is 116 cm³/mol. The van der Waals surface area contributed by atoms with E-state index >= 15 is 0 Å². The highest BCUT2D eigenvalue weighted by Gasteiger charge is 2.22. The molecule has 0 aliphatic carbocycles. The number of rotatable bonds is 8. The van der Waals surface area contributed by atoms with Gasteiger partial charge in [-0.25, -0.2) is 4.98 Å². The molecule has 6 heteroatoms. The highest BCUT2D eigenvalue weighted by molar-refractivity contribution is 7.99. The summed E-state index contributed by atoms with van der Waals surface area (Å²) in [4.78, 5) is 19.5. The van der Waals surface area contributed by atoms with Crippen LogP contribution in [0.2, 0.25) is 0 Å². The lowest BCUT2D eigenvalue weighted by Crippen LogP contribution is -3.10. The number of anilines is 1. The third-order valence-corrected chi connectivity index (χ3v) is 6.67. The van der Waals surface area contributed by atoms with Crippen LogP contribution in [0.25, 0.3) is 10.2 Å². The standard InChI is InChI=1S/C21H23N3OS2/c1-4-13-26-18-11-7-5-9-16(18)22-20(25)14-24(3)15(2)21-23-17-10-6-8-12-19(17)27-21/h4-12,15H,1,13-14H2,2-3H3,(H,22,25)/p+1/t15-/m1/s1. The average Bonchev–Trinajstić information content (AvgIpc) is 3.10. The lowest BCUT2D eigenvalue weighted by Gasteiger charge is -2.19. The Balaban J connectivity index is 1.64. The highest BCUT2D eigenvalue weighted by atomic mass is 32.2. The number of likely N-dealkylation sites (N-methyl/N-ethyl adjacent to an activating group) is 1. The summed E-state index contributed by atoms with van der Waals surface area (Å²) in [6.45, 7) is 6.26. The minimum Gasteiger partial charge on any atom is -0.322 e. The Morgan fingerprint density at radius 2 is 2.04 bits per heavy atom. The molecule has 2 aromatic carbocycles. The Hall–Kier alpha value is -2.15. The van der Waals surface area contributed by atoms with Gasteiger partial charge in [0.05, 0.1) is 23.0 Å². The number of hydrogen-bond acceptors (Lipinski definition) is 4. The van der Waals surface area contributed by atoms with Crippen molar-refractivity contribution in [2.75, 3.05) is 24.7 Å². The van der Waals surface area contributed by atoms with E-state index in [0.29, 0.717) is 6.54 Å². The van der Waals surface area contributed by atoms with Gasteiger partial charge in [-0.2, -0.15) is 0 Å². The summed E-state index contributed by atoms with van der Waals surface area (Å²) in [5.74, 6) is 0.819. The van der Waals surface area contributed by atoms with E-state index in [2.05, 4.69) is 24.9 Å². The summed E-state index contributed by atoms with van der Waals surface area (Å²) < 4.78 is 1.18. The number of fused-ring (bicyclic) bond motifs is 1. The number of hydrogen-bond donors (Lipinski definition) is 2. The molecule has 2 atom stereocenters. The second-order valence-electron chi connectivity index (χ2n) is 6.41. The smallest absolute Gasteiger partial charge is 0.279 e. The van der Waals surface area contributed by atoms with E-state index in [9.17, 15) is 4.79 Å². The molecule has 0 fully saturated rings. The van der Waals surface area contributed by atoms with Gasteiger partial charge in [-0.3, -0.25) is 4.79 Å². The second-order valence-corrected chi connectivity index (χ2v) is 8.53. The Morgan fingerprint density at radius 3 is 2.81 bits per heavy atom. The zero-order chi connectivity index (χ0) is 19.2. The molecule has 3 rings (SSSR count). The van der Waals surface area contributed by atoms with Gasteiger partial charge >= 0.3 is 0 Å². The van der Waals surface area contributed by atoms with Crippen LogP contribution in [-0.4, -0.2) is 30.2 Å². The largest absolute Gasteiger partial charge is 0.322 e. The molecule has 27 heavy (non-hydrogen) atoms. The molecule has 140 valence electrons. The van der Waals surface area contributed by atoms with E-state index in [1.54, 1.807) is 23.1 Å². The molecule has 0 saturated carbocycles. The first-order chi connectivity index (χ1) is 13.1. The number of nitrogens with one attached hydrogen (secondary N) is 2. The van der Waals surface area contributed by atoms with Gasteiger partial charge in [-0.15, -0.1) is 29.7 Å². The molecule has 0 bridgehead atoms. The van der Waals surface area contributed by atoms with E-state index < -0.39 is 0 Å². The van der Waals surface area contributed by atoms with Crippen LogP contribution in [0.3, 0.4) is 0 Å². The molecule has 1 amide bonds. The van der Waals surface area contributed by atoms with Crippen LogP contribution < -0.4 is 10.2 Å². The van der Waals surface area contributed by atoms with Crippen LogP contribution in [0, 0.1) is 0 Å². The summed E-state index contributed by atoms with van der Waals surface area (Å²) in [7, 11) is 2.04. The van der Waals surface area contributed by atoms with E-state index in [0.717, 1.165) is 31.8 Å². The van der Waals surface area contributed by atoms with Crippen molar-refractivity contribution in [3.63, 3.8) is 0 Å². The number of nitrogens with zero attached hydrogens (tertiary/aromatic N) is 1. The van der Waals surface area contributed by atoms with Crippen molar-refractivity contribution in [1.29, 1.82) is 0 Å². The molecule has 0 aliphatic rings. The fourth-order valence-electron chi connectivity index (χ4n) is 2.73. The van der Waals surface area contributed by atoms with E-state index in [4.69, 9.17) is 4.98 Å². The average molecular weight is 399 g/mol. The summed E-state index contributed by atoms with van der Waals surface area (Å²) in [5.41, 5.74) is 1.88. The van der Waals surface area contributed by atoms with Crippen LogP contribution in [0.1, 0.15) is 18.0 Å². The SMILES string of the molecule is C=CCSc1ccccc1NC(=O)C[NH+](C)[C@H](C)c1nc2ccccc2s1. The minimum atomic E-state index is 0.00659. The van der Waals surface area contributed by atoms with Crippen molar-refractivity contribution < 1.29 is 9.69 Å². The van der Waals surface area contributed by atoms with Gasteiger partial charge in [0.15, 0.2) is 11.6 Å². The Kier molecular flexibility index (Phi) is 6.66. The maximum absolute atomic E-state index is 12.6. The van der Waals surface area contributed by atoms with Crippen molar-refractivity contribution >= 4 is 44.9 Å². The predicted octanol–water partition coefficient (Wildman–Crippen LogP) is 3.79. The van der Waals surface area contributed by atoms with Crippen LogP contribution in [0.5, 0.6) is 0 Å². The number of benzene rings is 2. The molecular formula is C21H24N3OS2+. The van der Waals surface area contributed by atoms with Crippen molar-refractivity contribution in [3.8, 4) is 0 Å². The lowest BCUT2D eigenvalue weighted by atomic mass is 10.3. The van der Waals surface area contributed by atoms with E-state index in [-0.39, 0.29) is 11.9 Å². The highest BCUT2D eigenvalue weighted by Crippen LogP contribution is 2.27. The van der Waals surface area contributed by atoms with Crippen molar-refractivity contribution in [1.82, 2.24) is 4.98 Å². The molecule has 1 heterocycles. The fraction of sp³-hybridized carbons (Fsp3) is 0.238. The number of carbonyl (C=O) groups is 1. The Morgan fingerprint density at radius 1 is 1.30 bits per heavy atom. The number of thioether (sulfide) groups is 1. The van der Waals surface area contributed by atoms with Crippen LogP contribution in [-0.2, 0) is 4.79 Å². The molecule has 3 aromatic rings. The quantitative estimate of drug-likeness (QED) is 0.448. The molecule has 0 saturated heterocycles. The van der Waals surface area contributed by atoms with Crippen LogP contribution in [0.4, 0.5) is 5.69 Å². The zero-order valence-corrected chi connectivity index (χ0v) is 17.2. The van der Waals surface area contributed by atoms with Gasteiger partial charge < -0.3 is 10.2 Å². The summed E-state index contributed by atoms with van der Waals surface area (Å²) in [6, 6.07) is 16.2. The van der Waals surface area contributed by atoms with E-state index in [1.165, 1.54) is 4.70 Å². The van der Waals surface area contributed by atoms with Crippen molar-refractivity contribution in [3.05, 3.63) is 66.2 Å². The van der Waals surface area contributed by atoms with Crippen LogP contribution >= 0.6 is 23.1 Å². The van der Waals surface area contributed by atoms with Gasteiger partial charge in [0, 0.05) is 10.6 Å². The first kappa shape index (κ1) is 19.6. The summed E-state index contributed by atoms with van der Waals surface area (Å²) in [6.07, 6.45) is 1.86. The number of para-hydroxylation sites is 2. The molecule has 1 unspecified atom stereocenters. The Bertz CT molecular complexity index is 905. The lowest BCUT2D eigenvalue weighted by molar-refractivity contribution is -0.902. The first-order valence-electron chi connectivity index (χ1n) is 8.89. The maximum Gasteiger partial charge on any atom is 0.279 e.